The van der Waals surface area contributed by atoms with Crippen LogP contribution in [0.3, 0.4) is 0 Å². The Kier molecular flexibility index (Phi) is 3.96. The molecule has 0 aliphatic heterocycles. The Balaban J connectivity index is 2.84. The van der Waals surface area contributed by atoms with Gasteiger partial charge in [-0.15, -0.1) is 0 Å². The first-order valence-electron chi connectivity index (χ1n) is 4.41. The fraction of sp³-hybridized carbons (Fsp3) is 0.100. The molecule has 0 aliphatic carbocycles. The summed E-state index contributed by atoms with van der Waals surface area (Å²) in [7, 11) is 0. The van der Waals surface area contributed by atoms with Gasteiger partial charge in [0.25, 0.3) is 0 Å². The normalized spacial score (nSPS) is 9.31. The molecule has 0 atom stereocenters. The van der Waals surface area contributed by atoms with E-state index in [1.54, 1.807) is 18.2 Å². The molecule has 0 saturated carbocycles. The van der Waals surface area contributed by atoms with Gasteiger partial charge < -0.3 is 15.7 Å². The average molecular weight is 238 g/mol. The lowest BCUT2D eigenvalue weighted by atomic mass is 10.2. The molecular formula is C10H10N2O3S. The third kappa shape index (κ3) is 3.32. The van der Waals surface area contributed by atoms with Gasteiger partial charge in [0.2, 0.25) is 5.91 Å². The molecule has 3 N–H and O–H groups in total. The number of carboxylic acids is 1. The highest BCUT2D eigenvalue weighted by molar-refractivity contribution is 7.80. The number of carboxylic acid groups (broad SMARTS) is 1. The highest BCUT2D eigenvalue weighted by atomic mass is 32.1. The van der Waals surface area contributed by atoms with Crippen LogP contribution in [0.5, 0.6) is 0 Å². The number of hydrogen-bond acceptors (Lipinski definition) is 3. The third-order valence-corrected chi connectivity index (χ3v) is 1.90. The monoisotopic (exact) mass is 238 g/mol. The van der Waals surface area contributed by atoms with Crippen molar-refractivity contribution in [1.29, 1.82) is 0 Å². The molecule has 1 rings (SSSR count). The number of aromatic carboxylic acids is 1. The number of hydrogen-bond donors (Lipinski definition) is 3. The summed E-state index contributed by atoms with van der Waals surface area (Å²) in [6.45, 7) is 1.32. The minimum Gasteiger partial charge on any atom is -0.478 e. The van der Waals surface area contributed by atoms with Crippen LogP contribution in [-0.4, -0.2) is 22.1 Å². The van der Waals surface area contributed by atoms with E-state index in [2.05, 4.69) is 10.6 Å². The molecule has 0 heterocycles. The Morgan fingerprint density at radius 2 is 1.94 bits per heavy atom. The van der Waals surface area contributed by atoms with Crippen molar-refractivity contribution >= 4 is 34.9 Å². The molecular weight excluding hydrogens is 228 g/mol. The molecule has 0 aliphatic rings. The molecule has 1 aromatic rings. The van der Waals surface area contributed by atoms with E-state index >= 15 is 0 Å². The number of carbonyl (C=O) groups is 2. The predicted molar refractivity (Wildman–Crippen MR) is 63.4 cm³/mol. The zero-order chi connectivity index (χ0) is 12.1. The maximum atomic E-state index is 10.9. The van der Waals surface area contributed by atoms with Crippen molar-refractivity contribution in [3.8, 4) is 0 Å². The van der Waals surface area contributed by atoms with Crippen LogP contribution in [0.15, 0.2) is 24.3 Å². The van der Waals surface area contributed by atoms with Gasteiger partial charge >= 0.3 is 5.97 Å². The van der Waals surface area contributed by atoms with Crippen LogP contribution >= 0.6 is 12.2 Å². The summed E-state index contributed by atoms with van der Waals surface area (Å²) in [5.74, 6) is -1.38. The Labute approximate surface area is 97.5 Å². The van der Waals surface area contributed by atoms with Crippen LogP contribution in [0.25, 0.3) is 0 Å². The first-order valence-corrected chi connectivity index (χ1v) is 4.82. The second-order valence-corrected chi connectivity index (χ2v) is 3.39. The summed E-state index contributed by atoms with van der Waals surface area (Å²) in [5.41, 5.74) is 0.434. The van der Waals surface area contributed by atoms with Crippen LogP contribution in [0.4, 0.5) is 5.69 Å². The summed E-state index contributed by atoms with van der Waals surface area (Å²) in [4.78, 5) is 21.6. The number of rotatable bonds is 2. The second-order valence-electron chi connectivity index (χ2n) is 2.99. The summed E-state index contributed by atoms with van der Waals surface area (Å²) < 4.78 is 0. The summed E-state index contributed by atoms with van der Waals surface area (Å²) in [6, 6.07) is 6.29. The number of benzene rings is 1. The van der Waals surface area contributed by atoms with Crippen molar-refractivity contribution in [3.05, 3.63) is 29.8 Å². The maximum Gasteiger partial charge on any atom is 0.337 e. The number of thiocarbonyl (C=S) groups is 1. The largest absolute Gasteiger partial charge is 0.478 e. The number of amides is 1. The molecule has 6 heteroatoms. The molecule has 0 aromatic heterocycles. The van der Waals surface area contributed by atoms with Crippen LogP contribution < -0.4 is 10.6 Å². The van der Waals surface area contributed by atoms with Gasteiger partial charge in [0.1, 0.15) is 0 Å². The Hall–Kier alpha value is -1.95. The molecule has 0 bridgehead atoms. The van der Waals surface area contributed by atoms with E-state index in [0.29, 0.717) is 5.69 Å². The quantitative estimate of drug-likeness (QED) is 0.675. The summed E-state index contributed by atoms with van der Waals surface area (Å²) >= 11 is 4.82. The molecule has 0 fully saturated rings. The summed E-state index contributed by atoms with van der Waals surface area (Å²) in [5, 5.41) is 13.9. The van der Waals surface area contributed by atoms with Gasteiger partial charge in [-0.1, -0.05) is 12.1 Å². The molecule has 0 radical (unpaired) electrons. The second kappa shape index (κ2) is 5.22. The number of anilines is 1. The lowest BCUT2D eigenvalue weighted by Gasteiger charge is -2.10. The van der Waals surface area contributed by atoms with E-state index in [0.717, 1.165) is 0 Å². The first-order chi connectivity index (χ1) is 7.50. The fourth-order valence-electron chi connectivity index (χ4n) is 1.09. The Morgan fingerprint density at radius 3 is 2.50 bits per heavy atom. The zero-order valence-electron chi connectivity index (χ0n) is 8.48. The van der Waals surface area contributed by atoms with Gasteiger partial charge in [-0.25, -0.2) is 4.79 Å². The van der Waals surface area contributed by atoms with E-state index in [4.69, 9.17) is 17.3 Å². The molecule has 0 saturated heterocycles. The standard InChI is InChI=1S/C10H10N2O3S/c1-6(13)11-10(16)12-8-5-3-2-4-7(8)9(14)15/h2-5H,1H3,(H,14,15)(H2,11,12,13,16). The van der Waals surface area contributed by atoms with Gasteiger partial charge in [0, 0.05) is 6.92 Å². The summed E-state index contributed by atoms with van der Waals surface area (Å²) in [6.07, 6.45) is 0. The smallest absolute Gasteiger partial charge is 0.337 e. The van der Waals surface area contributed by atoms with Gasteiger partial charge in [-0.05, 0) is 24.4 Å². The van der Waals surface area contributed by atoms with Crippen molar-refractivity contribution in [2.24, 2.45) is 0 Å². The highest BCUT2D eigenvalue weighted by Crippen LogP contribution is 2.14. The van der Waals surface area contributed by atoms with Crippen LogP contribution in [-0.2, 0) is 4.79 Å². The van der Waals surface area contributed by atoms with Crippen molar-refractivity contribution < 1.29 is 14.7 Å². The van der Waals surface area contributed by atoms with E-state index in [1.165, 1.54) is 13.0 Å². The zero-order valence-corrected chi connectivity index (χ0v) is 9.30. The van der Waals surface area contributed by atoms with Gasteiger partial charge in [-0.3, -0.25) is 4.79 Å². The van der Waals surface area contributed by atoms with E-state index in [-0.39, 0.29) is 16.6 Å². The topological polar surface area (TPSA) is 78.4 Å². The van der Waals surface area contributed by atoms with Crippen LogP contribution in [0.2, 0.25) is 0 Å². The van der Waals surface area contributed by atoms with Gasteiger partial charge in [0.15, 0.2) is 5.11 Å². The van der Waals surface area contributed by atoms with Gasteiger partial charge in [0.05, 0.1) is 11.3 Å². The third-order valence-electron chi connectivity index (χ3n) is 1.70. The number of para-hydroxylation sites is 1. The maximum absolute atomic E-state index is 10.9. The average Bonchev–Trinajstić information content (AvgIpc) is 2.16. The minimum atomic E-state index is -1.06. The first kappa shape index (κ1) is 12.1. The molecule has 0 unspecified atom stereocenters. The van der Waals surface area contributed by atoms with Crippen molar-refractivity contribution in [1.82, 2.24) is 5.32 Å². The lowest BCUT2D eigenvalue weighted by molar-refractivity contribution is -0.117. The van der Waals surface area contributed by atoms with Crippen LogP contribution in [0, 0.1) is 0 Å². The van der Waals surface area contributed by atoms with E-state index < -0.39 is 5.97 Å². The molecule has 1 amide bonds. The highest BCUT2D eigenvalue weighted by Gasteiger charge is 2.09. The number of carbonyl (C=O) groups excluding carboxylic acids is 1. The molecule has 1 aromatic carbocycles. The van der Waals surface area contributed by atoms with Crippen molar-refractivity contribution in [3.63, 3.8) is 0 Å². The van der Waals surface area contributed by atoms with Crippen LogP contribution in [0.1, 0.15) is 17.3 Å². The van der Waals surface area contributed by atoms with E-state index in [1.807, 2.05) is 0 Å². The fourth-order valence-corrected chi connectivity index (χ4v) is 1.35. The number of nitrogens with one attached hydrogen (secondary N) is 2. The van der Waals surface area contributed by atoms with Crippen molar-refractivity contribution in [2.75, 3.05) is 5.32 Å². The molecule has 16 heavy (non-hydrogen) atoms. The lowest BCUT2D eigenvalue weighted by Crippen LogP contribution is -2.32. The Morgan fingerprint density at radius 1 is 1.31 bits per heavy atom. The van der Waals surface area contributed by atoms with E-state index in [9.17, 15) is 9.59 Å². The molecule has 84 valence electrons. The van der Waals surface area contributed by atoms with Gasteiger partial charge in [-0.2, -0.15) is 0 Å². The predicted octanol–water partition coefficient (Wildman–Crippen LogP) is 1.22. The SMILES string of the molecule is CC(=O)NC(=S)Nc1ccccc1C(=O)O. The molecule has 0 spiro atoms. The Bertz CT molecular complexity index is 445. The minimum absolute atomic E-state index is 0.0706. The van der Waals surface area contributed by atoms with Crippen molar-refractivity contribution in [2.45, 2.75) is 6.92 Å². The molecule has 5 nitrogen and oxygen atoms in total.